The lowest BCUT2D eigenvalue weighted by Gasteiger charge is -2.11. The lowest BCUT2D eigenvalue weighted by Crippen LogP contribution is -2.26. The number of aromatic nitrogens is 2. The third-order valence-corrected chi connectivity index (χ3v) is 3.95. The summed E-state index contributed by atoms with van der Waals surface area (Å²) < 4.78 is 0. The van der Waals surface area contributed by atoms with Crippen molar-refractivity contribution in [3.63, 3.8) is 0 Å². The van der Waals surface area contributed by atoms with E-state index in [9.17, 15) is 9.90 Å². The van der Waals surface area contributed by atoms with Crippen molar-refractivity contribution in [2.75, 3.05) is 6.54 Å². The molecule has 0 spiro atoms. The van der Waals surface area contributed by atoms with Crippen LogP contribution in [-0.2, 0) is 11.2 Å². The number of fused-ring (bicyclic) bond motifs is 1. The third kappa shape index (κ3) is 4.20. The maximum absolute atomic E-state index is 11.9. The van der Waals surface area contributed by atoms with E-state index in [-0.39, 0.29) is 5.91 Å². The van der Waals surface area contributed by atoms with E-state index in [0.717, 1.165) is 22.4 Å². The van der Waals surface area contributed by atoms with Crippen LogP contribution in [0, 0.1) is 0 Å². The quantitative estimate of drug-likeness (QED) is 0.625. The first kappa shape index (κ1) is 16.2. The van der Waals surface area contributed by atoms with Gasteiger partial charge in [-0.15, -0.1) is 0 Å². The Balaban J connectivity index is 1.41. The van der Waals surface area contributed by atoms with Gasteiger partial charge in [0, 0.05) is 19.4 Å². The van der Waals surface area contributed by atoms with E-state index in [1.165, 1.54) is 0 Å². The highest BCUT2D eigenvalue weighted by atomic mass is 16.3. The van der Waals surface area contributed by atoms with E-state index >= 15 is 0 Å². The number of para-hydroxylation sites is 2. The molecule has 0 aliphatic heterocycles. The number of aryl methyl sites for hydroxylation is 1. The van der Waals surface area contributed by atoms with Gasteiger partial charge < -0.3 is 15.4 Å². The van der Waals surface area contributed by atoms with E-state index in [2.05, 4.69) is 15.3 Å². The molecule has 0 aliphatic carbocycles. The molecular weight excluding hydrogens is 302 g/mol. The zero-order valence-corrected chi connectivity index (χ0v) is 13.4. The van der Waals surface area contributed by atoms with Crippen molar-refractivity contribution in [2.45, 2.75) is 25.4 Å². The highest BCUT2D eigenvalue weighted by Crippen LogP contribution is 2.15. The molecule has 1 atom stereocenters. The minimum atomic E-state index is -0.554. The number of nitrogens with zero attached hydrogens (tertiary/aromatic N) is 1. The van der Waals surface area contributed by atoms with Gasteiger partial charge in [0.05, 0.1) is 17.1 Å². The molecule has 3 aromatic rings. The zero-order chi connectivity index (χ0) is 16.8. The van der Waals surface area contributed by atoms with E-state index in [1.54, 1.807) is 0 Å². The normalized spacial score (nSPS) is 12.2. The monoisotopic (exact) mass is 323 g/mol. The number of aliphatic hydroxyl groups excluding tert-OH is 1. The summed E-state index contributed by atoms with van der Waals surface area (Å²) in [4.78, 5) is 19.6. The lowest BCUT2D eigenvalue weighted by atomic mass is 10.1. The van der Waals surface area contributed by atoms with Crippen LogP contribution in [0.2, 0.25) is 0 Å². The van der Waals surface area contributed by atoms with Crippen LogP contribution in [0.15, 0.2) is 54.6 Å². The number of aromatic amines is 1. The summed E-state index contributed by atoms with van der Waals surface area (Å²) in [5.74, 6) is 0.784. The van der Waals surface area contributed by atoms with E-state index in [0.29, 0.717) is 25.8 Å². The van der Waals surface area contributed by atoms with Crippen molar-refractivity contribution >= 4 is 16.9 Å². The van der Waals surface area contributed by atoms with Gasteiger partial charge in [-0.25, -0.2) is 4.98 Å². The number of imidazole rings is 1. The van der Waals surface area contributed by atoms with Crippen LogP contribution in [0.3, 0.4) is 0 Å². The molecule has 0 bridgehead atoms. The highest BCUT2D eigenvalue weighted by molar-refractivity contribution is 5.77. The minimum absolute atomic E-state index is 0.0317. The molecular formula is C19H21N3O2. The van der Waals surface area contributed by atoms with Crippen molar-refractivity contribution in [1.82, 2.24) is 15.3 Å². The Morgan fingerprint density at radius 3 is 2.67 bits per heavy atom. The van der Waals surface area contributed by atoms with Gasteiger partial charge >= 0.3 is 0 Å². The van der Waals surface area contributed by atoms with Crippen LogP contribution in [-0.4, -0.2) is 27.5 Å². The molecule has 1 heterocycles. The molecule has 3 N–H and O–H groups in total. The summed E-state index contributed by atoms with van der Waals surface area (Å²) in [6, 6.07) is 17.3. The molecule has 0 saturated heterocycles. The summed E-state index contributed by atoms with van der Waals surface area (Å²) >= 11 is 0. The lowest BCUT2D eigenvalue weighted by molar-refractivity contribution is -0.121. The fourth-order valence-electron chi connectivity index (χ4n) is 2.63. The Morgan fingerprint density at radius 1 is 1.12 bits per heavy atom. The molecule has 2 aromatic carbocycles. The second kappa shape index (κ2) is 7.75. The number of rotatable bonds is 7. The number of aliphatic hydroxyl groups is 1. The molecule has 124 valence electrons. The van der Waals surface area contributed by atoms with Gasteiger partial charge in [0.1, 0.15) is 5.82 Å². The van der Waals surface area contributed by atoms with Crippen LogP contribution in [0.4, 0.5) is 0 Å². The molecule has 1 amide bonds. The smallest absolute Gasteiger partial charge is 0.220 e. The molecule has 5 heteroatoms. The Bertz CT molecular complexity index is 765. The number of carbonyl (C=O) groups is 1. The SMILES string of the molecule is O=C(CCc1nc2ccccc2[nH]1)NCCC(O)c1ccccc1. The molecule has 24 heavy (non-hydrogen) atoms. The standard InChI is InChI=1S/C19H21N3O2/c23-17(14-6-2-1-3-7-14)12-13-20-19(24)11-10-18-21-15-8-4-5-9-16(15)22-18/h1-9,17,23H,10-13H2,(H,20,24)(H,21,22). The fourth-order valence-corrected chi connectivity index (χ4v) is 2.63. The number of carbonyl (C=O) groups excluding carboxylic acids is 1. The number of H-pyrrole nitrogens is 1. The van der Waals surface area contributed by atoms with Crippen LogP contribution in [0.5, 0.6) is 0 Å². The molecule has 5 nitrogen and oxygen atoms in total. The number of hydrogen-bond acceptors (Lipinski definition) is 3. The Hall–Kier alpha value is -2.66. The number of benzene rings is 2. The Labute approximate surface area is 140 Å². The molecule has 1 unspecified atom stereocenters. The number of nitrogens with one attached hydrogen (secondary N) is 2. The van der Waals surface area contributed by atoms with E-state index in [4.69, 9.17) is 0 Å². The van der Waals surface area contributed by atoms with Crippen LogP contribution < -0.4 is 5.32 Å². The summed E-state index contributed by atoms with van der Waals surface area (Å²) in [6.45, 7) is 0.453. The molecule has 1 aromatic heterocycles. The van der Waals surface area contributed by atoms with Crippen molar-refractivity contribution in [3.05, 3.63) is 66.0 Å². The number of hydrogen-bond donors (Lipinski definition) is 3. The largest absolute Gasteiger partial charge is 0.388 e. The van der Waals surface area contributed by atoms with Gasteiger partial charge in [-0.1, -0.05) is 42.5 Å². The topological polar surface area (TPSA) is 78.0 Å². The average Bonchev–Trinajstić information content (AvgIpc) is 3.03. The van der Waals surface area contributed by atoms with Gasteiger partial charge in [0.25, 0.3) is 0 Å². The average molecular weight is 323 g/mol. The van der Waals surface area contributed by atoms with Gasteiger partial charge in [0.2, 0.25) is 5.91 Å². The highest BCUT2D eigenvalue weighted by Gasteiger charge is 2.09. The Morgan fingerprint density at radius 2 is 1.88 bits per heavy atom. The van der Waals surface area contributed by atoms with Crippen molar-refractivity contribution in [3.8, 4) is 0 Å². The maximum atomic E-state index is 11.9. The zero-order valence-electron chi connectivity index (χ0n) is 13.4. The molecule has 0 saturated carbocycles. The van der Waals surface area contributed by atoms with Gasteiger partial charge in [0.15, 0.2) is 0 Å². The maximum Gasteiger partial charge on any atom is 0.220 e. The first-order valence-corrected chi connectivity index (χ1v) is 8.16. The molecule has 0 radical (unpaired) electrons. The summed E-state index contributed by atoms with van der Waals surface area (Å²) in [5.41, 5.74) is 2.77. The van der Waals surface area contributed by atoms with Crippen molar-refractivity contribution < 1.29 is 9.90 Å². The predicted octanol–water partition coefficient (Wildman–Crippen LogP) is 2.74. The van der Waals surface area contributed by atoms with E-state index in [1.807, 2.05) is 54.6 Å². The summed E-state index contributed by atoms with van der Waals surface area (Å²) in [7, 11) is 0. The minimum Gasteiger partial charge on any atom is -0.388 e. The summed E-state index contributed by atoms with van der Waals surface area (Å²) in [6.07, 6.45) is 0.894. The molecule has 0 fully saturated rings. The third-order valence-electron chi connectivity index (χ3n) is 3.95. The van der Waals surface area contributed by atoms with Crippen LogP contribution in [0.25, 0.3) is 11.0 Å². The summed E-state index contributed by atoms with van der Waals surface area (Å²) in [5, 5.41) is 12.9. The molecule has 3 rings (SSSR count). The first-order valence-electron chi connectivity index (χ1n) is 8.16. The Kier molecular flexibility index (Phi) is 5.23. The molecule has 0 aliphatic rings. The fraction of sp³-hybridized carbons (Fsp3) is 0.263. The second-order valence-electron chi connectivity index (χ2n) is 5.77. The van der Waals surface area contributed by atoms with Crippen LogP contribution >= 0.6 is 0 Å². The van der Waals surface area contributed by atoms with Gasteiger partial charge in [-0.3, -0.25) is 4.79 Å². The predicted molar refractivity (Wildman–Crippen MR) is 93.4 cm³/mol. The van der Waals surface area contributed by atoms with Gasteiger partial charge in [-0.2, -0.15) is 0 Å². The second-order valence-corrected chi connectivity index (χ2v) is 5.77. The van der Waals surface area contributed by atoms with Crippen molar-refractivity contribution in [2.24, 2.45) is 0 Å². The number of amides is 1. The van der Waals surface area contributed by atoms with E-state index < -0.39 is 6.10 Å². The first-order chi connectivity index (χ1) is 11.7. The van der Waals surface area contributed by atoms with Gasteiger partial charge in [-0.05, 0) is 24.1 Å². The van der Waals surface area contributed by atoms with Crippen molar-refractivity contribution in [1.29, 1.82) is 0 Å². The van der Waals surface area contributed by atoms with Crippen LogP contribution in [0.1, 0.15) is 30.3 Å².